The molecule has 0 aliphatic rings. The zero-order chi connectivity index (χ0) is 21.8. The van der Waals surface area contributed by atoms with Crippen molar-refractivity contribution in [2.24, 2.45) is 0 Å². The lowest BCUT2D eigenvalue weighted by Crippen LogP contribution is -1.98. The lowest BCUT2D eigenvalue weighted by Gasteiger charge is -2.13. The van der Waals surface area contributed by atoms with Crippen LogP contribution < -0.4 is 4.74 Å². The molecule has 0 aliphatic heterocycles. The van der Waals surface area contributed by atoms with Gasteiger partial charge in [-0.05, 0) is 57.8 Å². The quantitative estimate of drug-likeness (QED) is 0.219. The van der Waals surface area contributed by atoms with Crippen molar-refractivity contribution >= 4 is 57.2 Å². The molecule has 4 aromatic rings. The van der Waals surface area contributed by atoms with E-state index >= 15 is 0 Å². The van der Waals surface area contributed by atoms with E-state index in [-0.39, 0.29) is 0 Å². The summed E-state index contributed by atoms with van der Waals surface area (Å²) in [6.45, 7) is 0.337. The van der Waals surface area contributed by atoms with E-state index in [1.165, 1.54) is 0 Å². The molecule has 0 bridgehead atoms. The molecule has 0 aromatic heterocycles. The molecule has 4 aromatic carbocycles. The summed E-state index contributed by atoms with van der Waals surface area (Å²) in [6.07, 6.45) is 1.73. The van der Waals surface area contributed by atoms with Gasteiger partial charge >= 0.3 is 0 Å². The van der Waals surface area contributed by atoms with E-state index in [9.17, 15) is 5.26 Å². The number of nitriles is 1. The summed E-state index contributed by atoms with van der Waals surface area (Å²) in [5.74, 6) is 0.415. The highest BCUT2D eigenvalue weighted by atomic mass is 35.5. The second-order valence-corrected chi connectivity index (χ2v) is 8.17. The molecule has 0 saturated carbocycles. The lowest BCUT2D eigenvalue weighted by molar-refractivity contribution is 0.308. The summed E-state index contributed by atoms with van der Waals surface area (Å²) in [7, 11) is 0. The first-order valence-corrected chi connectivity index (χ1v) is 10.6. The predicted molar refractivity (Wildman–Crippen MR) is 130 cm³/mol. The number of nitrogens with zero attached hydrogens (tertiary/aromatic N) is 1. The van der Waals surface area contributed by atoms with E-state index in [0.29, 0.717) is 38.6 Å². The standard InChI is InChI=1S/C26H16Cl3NO/c27-22-10-8-18(9-11-22)21(15-30)12-17-13-24(28)26(25(29)14-17)31-16-20-6-3-5-19-4-1-2-7-23(19)20/h1-14H,16H2/b21-12+. The van der Waals surface area contributed by atoms with Gasteiger partial charge in [-0.1, -0.05) is 89.4 Å². The van der Waals surface area contributed by atoms with Crippen LogP contribution in [-0.4, -0.2) is 0 Å². The first kappa shape index (κ1) is 21.3. The van der Waals surface area contributed by atoms with E-state index in [0.717, 1.165) is 21.9 Å². The highest BCUT2D eigenvalue weighted by molar-refractivity contribution is 6.37. The molecular formula is C26H16Cl3NO. The maximum absolute atomic E-state index is 9.56. The molecular weight excluding hydrogens is 449 g/mol. The number of rotatable bonds is 5. The van der Waals surface area contributed by atoms with Crippen molar-refractivity contribution in [3.8, 4) is 11.8 Å². The van der Waals surface area contributed by atoms with Gasteiger partial charge in [-0.3, -0.25) is 0 Å². The summed E-state index contributed by atoms with van der Waals surface area (Å²) in [6, 6.07) is 27.0. The Morgan fingerprint density at radius 2 is 1.55 bits per heavy atom. The van der Waals surface area contributed by atoms with Crippen LogP contribution in [0.25, 0.3) is 22.4 Å². The minimum Gasteiger partial charge on any atom is -0.486 e. The molecule has 0 amide bonds. The van der Waals surface area contributed by atoms with Crippen molar-refractivity contribution in [3.05, 3.63) is 111 Å². The van der Waals surface area contributed by atoms with Crippen LogP contribution in [-0.2, 0) is 6.61 Å². The molecule has 0 N–H and O–H groups in total. The van der Waals surface area contributed by atoms with Crippen molar-refractivity contribution in [1.29, 1.82) is 5.26 Å². The molecule has 0 fully saturated rings. The van der Waals surface area contributed by atoms with E-state index in [1.54, 1.807) is 42.5 Å². The van der Waals surface area contributed by atoms with Crippen molar-refractivity contribution in [2.75, 3.05) is 0 Å². The topological polar surface area (TPSA) is 33.0 Å². The molecule has 2 nitrogen and oxygen atoms in total. The first-order valence-electron chi connectivity index (χ1n) is 9.51. The van der Waals surface area contributed by atoms with Gasteiger partial charge in [0, 0.05) is 5.02 Å². The second-order valence-electron chi connectivity index (χ2n) is 6.92. The molecule has 4 rings (SSSR count). The normalized spacial score (nSPS) is 11.4. The Labute approximate surface area is 195 Å². The van der Waals surface area contributed by atoms with Crippen molar-refractivity contribution < 1.29 is 4.74 Å². The highest BCUT2D eigenvalue weighted by Gasteiger charge is 2.11. The van der Waals surface area contributed by atoms with Crippen LogP contribution >= 0.6 is 34.8 Å². The zero-order valence-corrected chi connectivity index (χ0v) is 18.5. The SMILES string of the molecule is N#C/C(=C\c1cc(Cl)c(OCc2cccc3ccccc23)c(Cl)c1)c1ccc(Cl)cc1. The highest BCUT2D eigenvalue weighted by Crippen LogP contribution is 2.36. The number of allylic oxidation sites excluding steroid dienone is 1. The van der Waals surface area contributed by atoms with Crippen LogP contribution in [0.3, 0.4) is 0 Å². The van der Waals surface area contributed by atoms with Gasteiger partial charge < -0.3 is 4.74 Å². The molecule has 0 spiro atoms. The third-order valence-electron chi connectivity index (χ3n) is 4.86. The fraction of sp³-hybridized carbons (Fsp3) is 0.0385. The number of halogens is 3. The van der Waals surface area contributed by atoms with Crippen LogP contribution in [0, 0.1) is 11.3 Å². The molecule has 0 aliphatic carbocycles. The summed E-state index contributed by atoms with van der Waals surface area (Å²) >= 11 is 18.9. The number of hydrogen-bond donors (Lipinski definition) is 0. The first-order chi connectivity index (χ1) is 15.0. The summed E-state index contributed by atoms with van der Waals surface area (Å²) in [5, 5.41) is 13.2. The number of hydrogen-bond acceptors (Lipinski definition) is 2. The maximum atomic E-state index is 9.56. The Balaban J connectivity index is 1.60. The van der Waals surface area contributed by atoms with Crippen molar-refractivity contribution in [2.45, 2.75) is 6.61 Å². The van der Waals surface area contributed by atoms with Gasteiger partial charge in [-0.2, -0.15) is 5.26 Å². The predicted octanol–water partition coefficient (Wildman–Crippen LogP) is 8.44. The van der Waals surface area contributed by atoms with Crippen molar-refractivity contribution in [1.82, 2.24) is 0 Å². The van der Waals surface area contributed by atoms with E-state index in [1.807, 2.05) is 24.3 Å². The number of benzene rings is 4. The Kier molecular flexibility index (Phi) is 6.49. The van der Waals surface area contributed by atoms with Crippen molar-refractivity contribution in [3.63, 3.8) is 0 Å². The van der Waals surface area contributed by atoms with Gasteiger partial charge in [0.15, 0.2) is 5.75 Å². The van der Waals surface area contributed by atoms with Gasteiger partial charge in [0.2, 0.25) is 0 Å². The molecule has 0 saturated heterocycles. The molecule has 0 heterocycles. The Hall–Kier alpha value is -2.96. The van der Waals surface area contributed by atoms with Crippen LogP contribution in [0.15, 0.2) is 78.9 Å². The molecule has 152 valence electrons. The molecule has 5 heteroatoms. The Morgan fingerprint density at radius 3 is 2.26 bits per heavy atom. The van der Waals surface area contributed by atoms with Gasteiger partial charge in [-0.15, -0.1) is 0 Å². The number of ether oxygens (including phenoxy) is 1. The van der Waals surface area contributed by atoms with Gasteiger partial charge in [-0.25, -0.2) is 0 Å². The summed E-state index contributed by atoms with van der Waals surface area (Å²) < 4.78 is 5.98. The average molecular weight is 465 g/mol. The Morgan fingerprint density at radius 1 is 0.871 bits per heavy atom. The van der Waals surface area contributed by atoms with Crippen LogP contribution in [0.1, 0.15) is 16.7 Å². The van der Waals surface area contributed by atoms with Crippen LogP contribution in [0.4, 0.5) is 0 Å². The minimum atomic E-state index is 0.337. The largest absolute Gasteiger partial charge is 0.486 e. The minimum absolute atomic E-state index is 0.337. The molecule has 0 radical (unpaired) electrons. The second kappa shape index (κ2) is 9.45. The van der Waals surface area contributed by atoms with E-state index in [4.69, 9.17) is 39.5 Å². The monoisotopic (exact) mass is 463 g/mol. The van der Waals surface area contributed by atoms with Gasteiger partial charge in [0.1, 0.15) is 6.61 Å². The smallest absolute Gasteiger partial charge is 0.157 e. The zero-order valence-electron chi connectivity index (χ0n) is 16.3. The molecule has 0 unspecified atom stereocenters. The van der Waals surface area contributed by atoms with Gasteiger partial charge in [0.25, 0.3) is 0 Å². The summed E-state index contributed by atoms with van der Waals surface area (Å²) in [5.41, 5.74) is 2.99. The maximum Gasteiger partial charge on any atom is 0.157 e. The fourth-order valence-corrected chi connectivity index (χ4v) is 4.08. The van der Waals surface area contributed by atoms with Crippen LogP contribution in [0.5, 0.6) is 5.75 Å². The van der Waals surface area contributed by atoms with E-state index in [2.05, 4.69) is 24.3 Å². The third-order valence-corrected chi connectivity index (χ3v) is 5.67. The summed E-state index contributed by atoms with van der Waals surface area (Å²) in [4.78, 5) is 0. The van der Waals surface area contributed by atoms with E-state index < -0.39 is 0 Å². The lowest BCUT2D eigenvalue weighted by atomic mass is 10.0. The van der Waals surface area contributed by atoms with Crippen LogP contribution in [0.2, 0.25) is 15.1 Å². The Bertz CT molecular complexity index is 1290. The average Bonchev–Trinajstić information content (AvgIpc) is 2.77. The molecule has 31 heavy (non-hydrogen) atoms. The van der Waals surface area contributed by atoms with Gasteiger partial charge in [0.05, 0.1) is 21.7 Å². The third kappa shape index (κ3) is 4.86. The molecule has 0 atom stereocenters. The fourth-order valence-electron chi connectivity index (χ4n) is 3.35. The number of fused-ring (bicyclic) bond motifs is 1.